The van der Waals surface area contributed by atoms with E-state index in [2.05, 4.69) is 183 Å². The van der Waals surface area contributed by atoms with Crippen molar-refractivity contribution >= 4 is 49.8 Å². The summed E-state index contributed by atoms with van der Waals surface area (Å²) < 4.78 is 6.23. The van der Waals surface area contributed by atoms with Crippen LogP contribution in [0.2, 0.25) is 0 Å². The molecule has 1 aliphatic carbocycles. The van der Waals surface area contributed by atoms with Gasteiger partial charge in [0.05, 0.1) is 11.4 Å². The smallest absolute Gasteiger partial charge is 0.135 e. The van der Waals surface area contributed by atoms with Crippen LogP contribution in [0.3, 0.4) is 0 Å². The first kappa shape index (κ1) is 29.5. The minimum atomic E-state index is -0.187. The quantitative estimate of drug-likeness (QED) is 0.184. The number of furan rings is 1. The average Bonchev–Trinajstić information content (AvgIpc) is 3.67. The molecule has 1 aliphatic rings. The molecule has 51 heavy (non-hydrogen) atoms. The zero-order valence-corrected chi connectivity index (χ0v) is 28.6. The van der Waals surface area contributed by atoms with Crippen LogP contribution < -0.4 is 4.90 Å². The third-order valence-electron chi connectivity index (χ3n) is 10.9. The average molecular weight is 654 g/mol. The molecular formula is C49H35NO. The van der Waals surface area contributed by atoms with E-state index in [9.17, 15) is 0 Å². The Bertz CT molecular complexity index is 2780. The maximum atomic E-state index is 6.23. The summed E-state index contributed by atoms with van der Waals surface area (Å²) in [7, 11) is 0. The number of hydrogen-bond acceptors (Lipinski definition) is 2. The Kier molecular flexibility index (Phi) is 6.56. The summed E-state index contributed by atoms with van der Waals surface area (Å²) in [6, 6.07) is 63.7. The maximum Gasteiger partial charge on any atom is 0.135 e. The predicted molar refractivity (Wildman–Crippen MR) is 214 cm³/mol. The Hall–Kier alpha value is -6.38. The standard InChI is InChI=1S/C49H35NO/c1-49(2)43-21-8-5-17-39(43)41-20-12-23-45(48(41)49)50(35-28-25-33(26-29-35)37-19-11-14-32-13-3-4-15-36(32)37)44-22-9-6-16-38(44)34-27-30-47-42(31-34)40-18-7-10-24-46(40)51-47/h3-31H,1-2H3. The lowest BCUT2D eigenvalue weighted by Gasteiger charge is -2.33. The first-order valence-electron chi connectivity index (χ1n) is 17.7. The third kappa shape index (κ3) is 4.57. The summed E-state index contributed by atoms with van der Waals surface area (Å²) in [5.74, 6) is 0. The molecule has 8 aromatic carbocycles. The van der Waals surface area contributed by atoms with Crippen LogP contribution in [-0.4, -0.2) is 0 Å². The molecule has 10 rings (SSSR count). The van der Waals surface area contributed by atoms with Gasteiger partial charge in [-0.1, -0.05) is 147 Å². The first-order valence-corrected chi connectivity index (χ1v) is 17.7. The predicted octanol–water partition coefficient (Wildman–Crippen LogP) is 13.8. The van der Waals surface area contributed by atoms with Gasteiger partial charge in [0, 0.05) is 27.4 Å². The number of benzene rings is 8. The topological polar surface area (TPSA) is 16.4 Å². The lowest BCUT2D eigenvalue weighted by atomic mass is 9.81. The van der Waals surface area contributed by atoms with Gasteiger partial charge in [0.2, 0.25) is 0 Å². The Morgan fingerprint density at radius 2 is 1.04 bits per heavy atom. The van der Waals surface area contributed by atoms with Crippen LogP contribution >= 0.6 is 0 Å². The fraction of sp³-hybridized carbons (Fsp3) is 0.0612. The molecule has 0 saturated carbocycles. The molecule has 0 bridgehead atoms. The molecule has 0 fully saturated rings. The molecule has 0 atom stereocenters. The lowest BCUT2D eigenvalue weighted by molar-refractivity contribution is 0.661. The Morgan fingerprint density at radius 1 is 0.431 bits per heavy atom. The summed E-state index contributed by atoms with van der Waals surface area (Å²) in [4.78, 5) is 2.48. The number of anilines is 3. The van der Waals surface area contributed by atoms with Crippen molar-refractivity contribution in [2.24, 2.45) is 0 Å². The second-order valence-electron chi connectivity index (χ2n) is 14.1. The third-order valence-corrected chi connectivity index (χ3v) is 10.9. The molecule has 0 radical (unpaired) electrons. The fourth-order valence-corrected chi connectivity index (χ4v) is 8.49. The molecule has 0 amide bonds. The van der Waals surface area contributed by atoms with Crippen LogP contribution in [0.25, 0.3) is 66.1 Å². The van der Waals surface area contributed by atoms with Gasteiger partial charge in [-0.25, -0.2) is 0 Å². The maximum absolute atomic E-state index is 6.23. The highest BCUT2D eigenvalue weighted by atomic mass is 16.3. The highest BCUT2D eigenvalue weighted by Crippen LogP contribution is 2.55. The summed E-state index contributed by atoms with van der Waals surface area (Å²) in [5.41, 5.74) is 15.1. The second kappa shape index (κ2) is 11.3. The molecule has 2 heteroatoms. The summed E-state index contributed by atoms with van der Waals surface area (Å²) >= 11 is 0. The largest absolute Gasteiger partial charge is 0.456 e. The van der Waals surface area contributed by atoms with E-state index in [-0.39, 0.29) is 5.41 Å². The molecule has 1 aromatic heterocycles. The van der Waals surface area contributed by atoms with E-state index in [0.29, 0.717) is 0 Å². The van der Waals surface area contributed by atoms with Gasteiger partial charge in [0.1, 0.15) is 11.2 Å². The monoisotopic (exact) mass is 653 g/mol. The fourth-order valence-electron chi connectivity index (χ4n) is 8.49. The minimum Gasteiger partial charge on any atom is -0.456 e. The van der Waals surface area contributed by atoms with Crippen LogP contribution in [0.5, 0.6) is 0 Å². The van der Waals surface area contributed by atoms with E-state index in [1.54, 1.807) is 0 Å². The van der Waals surface area contributed by atoms with Crippen molar-refractivity contribution in [3.05, 3.63) is 187 Å². The molecule has 2 nitrogen and oxygen atoms in total. The SMILES string of the molecule is CC1(C)c2ccccc2-c2cccc(N(c3ccc(-c4cccc5ccccc45)cc3)c3ccccc3-c3ccc4oc5ccccc5c4c3)c21. The van der Waals surface area contributed by atoms with Gasteiger partial charge in [-0.3, -0.25) is 0 Å². The molecule has 9 aromatic rings. The molecule has 0 spiro atoms. The van der Waals surface area contributed by atoms with Crippen LogP contribution in [0, 0.1) is 0 Å². The van der Waals surface area contributed by atoms with Crippen molar-refractivity contribution in [2.45, 2.75) is 19.3 Å². The van der Waals surface area contributed by atoms with Gasteiger partial charge in [-0.2, -0.15) is 0 Å². The van der Waals surface area contributed by atoms with Gasteiger partial charge in [-0.15, -0.1) is 0 Å². The van der Waals surface area contributed by atoms with Crippen molar-refractivity contribution in [1.82, 2.24) is 0 Å². The number of hydrogen-bond donors (Lipinski definition) is 0. The van der Waals surface area contributed by atoms with E-state index in [1.165, 1.54) is 49.8 Å². The molecule has 242 valence electrons. The van der Waals surface area contributed by atoms with Crippen molar-refractivity contribution in [1.29, 1.82) is 0 Å². The lowest BCUT2D eigenvalue weighted by Crippen LogP contribution is -2.21. The molecule has 0 aliphatic heterocycles. The van der Waals surface area contributed by atoms with Gasteiger partial charge < -0.3 is 9.32 Å². The molecule has 0 N–H and O–H groups in total. The van der Waals surface area contributed by atoms with Gasteiger partial charge in [-0.05, 0) is 92.2 Å². The van der Waals surface area contributed by atoms with Crippen molar-refractivity contribution in [3.8, 4) is 33.4 Å². The second-order valence-corrected chi connectivity index (χ2v) is 14.1. The normalized spacial score (nSPS) is 13.1. The van der Waals surface area contributed by atoms with Gasteiger partial charge >= 0.3 is 0 Å². The summed E-state index contributed by atoms with van der Waals surface area (Å²) in [6.45, 7) is 4.74. The highest BCUT2D eigenvalue weighted by Gasteiger charge is 2.39. The minimum absolute atomic E-state index is 0.187. The van der Waals surface area contributed by atoms with E-state index >= 15 is 0 Å². The Balaban J connectivity index is 1.20. The zero-order chi connectivity index (χ0) is 34.1. The van der Waals surface area contributed by atoms with Crippen LogP contribution in [-0.2, 0) is 5.41 Å². The number of para-hydroxylation sites is 2. The summed E-state index contributed by atoms with van der Waals surface area (Å²) in [5, 5.41) is 4.77. The molecule has 0 unspecified atom stereocenters. The Labute approximate surface area is 297 Å². The highest BCUT2D eigenvalue weighted by molar-refractivity contribution is 6.07. The van der Waals surface area contributed by atoms with Crippen LogP contribution in [0.1, 0.15) is 25.0 Å². The van der Waals surface area contributed by atoms with Crippen molar-refractivity contribution < 1.29 is 4.42 Å². The number of rotatable bonds is 5. The van der Waals surface area contributed by atoms with Crippen molar-refractivity contribution in [2.75, 3.05) is 4.90 Å². The van der Waals surface area contributed by atoms with E-state index in [0.717, 1.165) is 44.4 Å². The van der Waals surface area contributed by atoms with E-state index in [1.807, 2.05) is 12.1 Å². The van der Waals surface area contributed by atoms with Gasteiger partial charge in [0.15, 0.2) is 0 Å². The molecule has 1 heterocycles. The first-order chi connectivity index (χ1) is 25.1. The molecule has 0 saturated heterocycles. The van der Waals surface area contributed by atoms with Crippen molar-refractivity contribution in [3.63, 3.8) is 0 Å². The Morgan fingerprint density at radius 3 is 1.92 bits per heavy atom. The summed E-state index contributed by atoms with van der Waals surface area (Å²) in [6.07, 6.45) is 0. The zero-order valence-electron chi connectivity index (χ0n) is 28.6. The van der Waals surface area contributed by atoms with E-state index in [4.69, 9.17) is 4.42 Å². The molecular weight excluding hydrogens is 619 g/mol. The van der Waals surface area contributed by atoms with E-state index < -0.39 is 0 Å². The van der Waals surface area contributed by atoms with Crippen LogP contribution in [0.15, 0.2) is 180 Å². The number of fused-ring (bicyclic) bond motifs is 7. The number of nitrogens with zero attached hydrogens (tertiary/aromatic N) is 1. The van der Waals surface area contributed by atoms with Gasteiger partial charge in [0.25, 0.3) is 0 Å². The van der Waals surface area contributed by atoms with Crippen LogP contribution in [0.4, 0.5) is 17.1 Å².